The molecule has 7 heteroatoms. The maximum atomic E-state index is 9.46. The van der Waals surface area contributed by atoms with E-state index in [2.05, 4.69) is 26.4 Å². The number of aromatic nitrogens is 2. The summed E-state index contributed by atoms with van der Waals surface area (Å²) in [6, 6.07) is 18.9. The Morgan fingerprint density at radius 2 is 1.97 bits per heavy atom. The largest absolute Gasteiger partial charge is 0.360 e. The first-order chi connectivity index (χ1) is 14.3. The lowest BCUT2D eigenvalue weighted by Crippen LogP contribution is -2.43. The molecular weight excluding hydrogens is 364 g/mol. The minimum atomic E-state index is -1.14. The van der Waals surface area contributed by atoms with Crippen LogP contribution in [0.4, 0.5) is 0 Å². The third-order valence-electron chi connectivity index (χ3n) is 4.67. The molecule has 1 unspecified atom stereocenters. The van der Waals surface area contributed by atoms with Crippen LogP contribution in [0.2, 0.25) is 0 Å². The van der Waals surface area contributed by atoms with Crippen LogP contribution in [0.15, 0.2) is 95.9 Å². The number of nitrogens with zero attached hydrogens (tertiary/aromatic N) is 6. The Balaban J connectivity index is 2.12. The summed E-state index contributed by atoms with van der Waals surface area (Å²) in [7, 11) is 1.62. The van der Waals surface area contributed by atoms with Crippen molar-refractivity contribution < 1.29 is 9.42 Å². The summed E-state index contributed by atoms with van der Waals surface area (Å²) in [5.74, 6) is 0. The van der Waals surface area contributed by atoms with Gasteiger partial charge < -0.3 is 4.74 Å². The molecule has 140 valence electrons. The van der Waals surface area contributed by atoms with E-state index < -0.39 is 5.60 Å². The van der Waals surface area contributed by atoms with Gasteiger partial charge in [0, 0.05) is 31.3 Å². The average Bonchev–Trinajstić information content (AvgIpc) is 3.33. The molecule has 3 heterocycles. The summed E-state index contributed by atoms with van der Waals surface area (Å²) >= 11 is 0. The molecule has 2 aromatic heterocycles. The van der Waals surface area contributed by atoms with Crippen molar-refractivity contribution in [2.24, 2.45) is 10.3 Å². The predicted molar refractivity (Wildman–Crippen MR) is 106 cm³/mol. The van der Waals surface area contributed by atoms with E-state index >= 15 is 0 Å². The van der Waals surface area contributed by atoms with E-state index in [4.69, 9.17) is 4.74 Å². The highest BCUT2D eigenvalue weighted by molar-refractivity contribution is 6.04. The maximum absolute atomic E-state index is 9.46. The van der Waals surface area contributed by atoms with Crippen LogP contribution >= 0.6 is 0 Å². The van der Waals surface area contributed by atoms with E-state index in [1.807, 2.05) is 42.5 Å². The zero-order chi connectivity index (χ0) is 20.1. The fourth-order valence-corrected chi connectivity index (χ4v) is 3.44. The summed E-state index contributed by atoms with van der Waals surface area (Å²) in [4.78, 5) is 8.85. The Hall–Kier alpha value is -4.02. The molecule has 1 aromatic carbocycles. The lowest BCUT2D eigenvalue weighted by atomic mass is 9.80. The molecule has 7 nitrogen and oxygen atoms in total. The normalized spacial score (nSPS) is 16.3. The van der Waals surface area contributed by atoms with Gasteiger partial charge in [0.1, 0.15) is 10.9 Å². The van der Waals surface area contributed by atoms with Crippen molar-refractivity contribution in [2.75, 3.05) is 7.11 Å². The van der Waals surface area contributed by atoms with Crippen LogP contribution in [0.1, 0.15) is 22.4 Å². The van der Waals surface area contributed by atoms with E-state index in [1.165, 1.54) is 0 Å². The molecule has 1 atom stereocenters. The zero-order valence-electron chi connectivity index (χ0n) is 15.7. The smallest absolute Gasteiger partial charge is 0.209 e. The second-order valence-electron chi connectivity index (χ2n) is 6.23. The van der Waals surface area contributed by atoms with Gasteiger partial charge in [-0.25, -0.2) is 0 Å². The van der Waals surface area contributed by atoms with Gasteiger partial charge in [-0.2, -0.15) is 5.26 Å². The van der Waals surface area contributed by atoms with Gasteiger partial charge in [-0.05, 0) is 35.9 Å². The van der Waals surface area contributed by atoms with Crippen molar-refractivity contribution in [1.82, 2.24) is 9.97 Å². The molecule has 0 spiro atoms. The van der Waals surface area contributed by atoms with Crippen LogP contribution in [-0.2, 0) is 10.3 Å². The molecule has 0 fully saturated rings. The Morgan fingerprint density at radius 1 is 1.07 bits per heavy atom. The minimum absolute atomic E-state index is 0.520. The standard InChI is InChI=1S/C22H17N6O/c1-29-22(19-8-5-10-24-16-19,18-7-4-6-17(14-18)15-23)21(28-13-12-26-27-28)20-9-2-3-11-25-20/h2-14,16H,1H3/q+1. The fraction of sp³-hybridized carbons (Fsp3) is 0.0909. The van der Waals surface area contributed by atoms with Crippen LogP contribution in [0.5, 0.6) is 0 Å². The van der Waals surface area contributed by atoms with Gasteiger partial charge in [-0.3, -0.25) is 9.97 Å². The van der Waals surface area contributed by atoms with E-state index in [9.17, 15) is 5.26 Å². The molecule has 0 radical (unpaired) electrons. The molecule has 0 aliphatic carbocycles. The van der Waals surface area contributed by atoms with Gasteiger partial charge in [0.2, 0.25) is 6.20 Å². The number of pyridine rings is 2. The first-order valence-corrected chi connectivity index (χ1v) is 8.91. The molecule has 29 heavy (non-hydrogen) atoms. The Bertz CT molecular complexity index is 1130. The SMILES string of the molecule is COC(C(c1ccccn1)=[N+]1C=CN=N1)(c1cccnc1)c1cccc(C#N)c1. The van der Waals surface area contributed by atoms with Gasteiger partial charge in [-0.15, -0.1) is 0 Å². The quantitative estimate of drug-likeness (QED) is 0.632. The van der Waals surface area contributed by atoms with Gasteiger partial charge >= 0.3 is 0 Å². The van der Waals surface area contributed by atoms with Crippen molar-refractivity contribution in [1.29, 1.82) is 5.26 Å². The minimum Gasteiger partial charge on any atom is -0.360 e. The van der Waals surface area contributed by atoms with Crippen LogP contribution in [0, 0.1) is 11.3 Å². The van der Waals surface area contributed by atoms with Crippen molar-refractivity contribution >= 4 is 5.71 Å². The van der Waals surface area contributed by atoms with E-state index in [-0.39, 0.29) is 0 Å². The molecule has 0 bridgehead atoms. The highest BCUT2D eigenvalue weighted by atomic mass is 16.5. The summed E-state index contributed by atoms with van der Waals surface area (Å²) < 4.78 is 7.87. The van der Waals surface area contributed by atoms with Gasteiger partial charge in [0.25, 0.3) is 0 Å². The monoisotopic (exact) mass is 381 g/mol. The number of rotatable bonds is 5. The number of nitriles is 1. The number of hydrogen-bond acceptors (Lipinski definition) is 6. The van der Waals surface area contributed by atoms with E-state index in [1.54, 1.807) is 54.9 Å². The molecule has 0 amide bonds. The first-order valence-electron chi connectivity index (χ1n) is 8.91. The summed E-state index contributed by atoms with van der Waals surface area (Å²) in [5, 5.41) is 17.7. The van der Waals surface area contributed by atoms with E-state index in [0.29, 0.717) is 17.0 Å². The summed E-state index contributed by atoms with van der Waals surface area (Å²) in [6.07, 6.45) is 8.48. The number of ether oxygens (including phenoxy) is 1. The van der Waals surface area contributed by atoms with E-state index in [0.717, 1.165) is 11.1 Å². The molecular formula is C22H17N6O+. The third kappa shape index (κ3) is 3.22. The Morgan fingerprint density at radius 3 is 2.62 bits per heavy atom. The Labute approximate surface area is 168 Å². The molecule has 0 saturated heterocycles. The van der Waals surface area contributed by atoms with Crippen molar-refractivity contribution in [3.63, 3.8) is 0 Å². The van der Waals surface area contributed by atoms with Gasteiger partial charge in [-0.1, -0.05) is 28.9 Å². The highest BCUT2D eigenvalue weighted by Crippen LogP contribution is 2.37. The molecule has 0 N–H and O–H groups in total. The van der Waals surface area contributed by atoms with Crippen LogP contribution in [-0.4, -0.2) is 27.5 Å². The molecule has 1 aliphatic heterocycles. The molecule has 4 rings (SSSR count). The van der Waals surface area contributed by atoms with Crippen molar-refractivity contribution in [3.05, 3.63) is 108 Å². The highest BCUT2D eigenvalue weighted by Gasteiger charge is 2.46. The average molecular weight is 381 g/mol. The predicted octanol–water partition coefficient (Wildman–Crippen LogP) is 3.59. The number of methoxy groups -OCH3 is 1. The zero-order valence-corrected chi connectivity index (χ0v) is 15.7. The molecule has 0 saturated carbocycles. The number of hydrogen-bond donors (Lipinski definition) is 0. The second kappa shape index (κ2) is 7.92. The lowest BCUT2D eigenvalue weighted by molar-refractivity contribution is -0.468. The topological polar surface area (TPSA) is 86.5 Å². The van der Waals surface area contributed by atoms with Crippen LogP contribution in [0.3, 0.4) is 0 Å². The first kappa shape index (κ1) is 18.3. The third-order valence-corrected chi connectivity index (χ3v) is 4.67. The second-order valence-corrected chi connectivity index (χ2v) is 6.23. The van der Waals surface area contributed by atoms with Crippen molar-refractivity contribution in [3.8, 4) is 6.07 Å². The molecule has 1 aliphatic rings. The van der Waals surface area contributed by atoms with Crippen molar-refractivity contribution in [2.45, 2.75) is 5.60 Å². The van der Waals surface area contributed by atoms with Crippen LogP contribution in [0.25, 0.3) is 0 Å². The van der Waals surface area contributed by atoms with Crippen LogP contribution < -0.4 is 0 Å². The fourth-order valence-electron chi connectivity index (χ4n) is 3.44. The summed E-state index contributed by atoms with van der Waals surface area (Å²) in [6.45, 7) is 0. The summed E-state index contributed by atoms with van der Waals surface area (Å²) in [5.41, 5.74) is 2.21. The van der Waals surface area contributed by atoms with Gasteiger partial charge in [0.05, 0.1) is 16.7 Å². The lowest BCUT2D eigenvalue weighted by Gasteiger charge is -2.33. The Kier molecular flexibility index (Phi) is 5.01. The maximum Gasteiger partial charge on any atom is 0.209 e. The number of benzene rings is 1. The molecule has 3 aromatic rings. The van der Waals surface area contributed by atoms with Gasteiger partial charge in [0.15, 0.2) is 17.5 Å².